The van der Waals surface area contributed by atoms with Gasteiger partial charge in [0.25, 0.3) is 0 Å². The fourth-order valence-electron chi connectivity index (χ4n) is 2.33. The Bertz CT molecular complexity index is 916. The van der Waals surface area contributed by atoms with Gasteiger partial charge in [0.05, 0.1) is 28.4 Å². The number of hydrogen-bond acceptors (Lipinski definition) is 4. The van der Waals surface area contributed by atoms with E-state index in [1.165, 1.54) is 12.1 Å². The monoisotopic (exact) mass is 343 g/mol. The molecule has 0 saturated carbocycles. The minimum Gasteiger partial charge on any atom is -0.350 e. The van der Waals surface area contributed by atoms with Crippen LogP contribution in [0.15, 0.2) is 65.7 Å². The van der Waals surface area contributed by atoms with Crippen LogP contribution in [0.1, 0.15) is 12.1 Å². The predicted octanol–water partition coefficient (Wildman–Crippen LogP) is 1.81. The van der Waals surface area contributed by atoms with E-state index in [-0.39, 0.29) is 29.5 Å². The van der Waals surface area contributed by atoms with Crippen LogP contribution in [0.4, 0.5) is 0 Å². The molecule has 1 amide bonds. The number of nitrogens with zero attached hydrogens (tertiary/aromatic N) is 2. The lowest BCUT2D eigenvalue weighted by Gasteiger charge is -2.05. The smallest absolute Gasteiger partial charge is 0.221 e. The zero-order chi connectivity index (χ0) is 17.0. The van der Waals surface area contributed by atoms with Gasteiger partial charge in [0.15, 0.2) is 9.84 Å². The SMILES string of the molecule is O=C(CCS(=O)(=O)c1ccccc1)NCc1cc2ccccn2n1. The lowest BCUT2D eigenvalue weighted by Crippen LogP contribution is -2.25. The molecule has 0 aliphatic heterocycles. The first-order valence-corrected chi connectivity index (χ1v) is 9.18. The maximum absolute atomic E-state index is 12.1. The largest absolute Gasteiger partial charge is 0.350 e. The number of hydrogen-bond donors (Lipinski definition) is 1. The van der Waals surface area contributed by atoms with E-state index < -0.39 is 9.84 Å². The molecule has 0 fully saturated rings. The minimum atomic E-state index is -3.44. The summed E-state index contributed by atoms with van der Waals surface area (Å²) in [6.45, 7) is 0.270. The number of amides is 1. The van der Waals surface area contributed by atoms with Crippen LogP contribution in [-0.4, -0.2) is 29.7 Å². The van der Waals surface area contributed by atoms with Gasteiger partial charge in [0.2, 0.25) is 5.91 Å². The van der Waals surface area contributed by atoms with E-state index in [0.717, 1.165) is 11.2 Å². The van der Waals surface area contributed by atoms with Crippen molar-refractivity contribution in [2.45, 2.75) is 17.9 Å². The number of nitrogens with one attached hydrogen (secondary N) is 1. The third-order valence-electron chi connectivity index (χ3n) is 3.59. The van der Waals surface area contributed by atoms with Crippen molar-refractivity contribution in [2.24, 2.45) is 0 Å². The van der Waals surface area contributed by atoms with E-state index in [9.17, 15) is 13.2 Å². The number of pyridine rings is 1. The molecular weight excluding hydrogens is 326 g/mol. The number of carbonyl (C=O) groups excluding carboxylic acids is 1. The van der Waals surface area contributed by atoms with E-state index in [1.54, 1.807) is 22.7 Å². The Kier molecular flexibility index (Phi) is 4.61. The van der Waals surface area contributed by atoms with Crippen molar-refractivity contribution in [3.8, 4) is 0 Å². The molecule has 7 heteroatoms. The van der Waals surface area contributed by atoms with Crippen molar-refractivity contribution in [1.29, 1.82) is 0 Å². The van der Waals surface area contributed by atoms with Gasteiger partial charge in [-0.15, -0.1) is 0 Å². The van der Waals surface area contributed by atoms with Crippen molar-refractivity contribution in [3.05, 3.63) is 66.5 Å². The Morgan fingerprint density at radius 1 is 1.08 bits per heavy atom. The molecule has 3 aromatic rings. The minimum absolute atomic E-state index is 0.0788. The highest BCUT2D eigenvalue weighted by atomic mass is 32.2. The summed E-state index contributed by atoms with van der Waals surface area (Å²) in [5.41, 5.74) is 1.66. The molecule has 3 rings (SSSR count). The normalized spacial score (nSPS) is 11.5. The third kappa shape index (κ3) is 3.80. The van der Waals surface area contributed by atoms with Gasteiger partial charge in [-0.1, -0.05) is 24.3 Å². The van der Waals surface area contributed by atoms with Gasteiger partial charge in [0.1, 0.15) is 0 Å². The molecule has 1 aromatic carbocycles. The average molecular weight is 343 g/mol. The molecule has 0 aliphatic carbocycles. The molecular formula is C17H17N3O3S. The summed E-state index contributed by atoms with van der Waals surface area (Å²) >= 11 is 0. The van der Waals surface area contributed by atoms with Gasteiger partial charge < -0.3 is 5.32 Å². The van der Waals surface area contributed by atoms with E-state index in [0.29, 0.717) is 0 Å². The van der Waals surface area contributed by atoms with Crippen LogP contribution in [0.25, 0.3) is 5.52 Å². The number of fused-ring (bicyclic) bond motifs is 1. The number of carbonyl (C=O) groups is 1. The maximum Gasteiger partial charge on any atom is 0.221 e. The first-order valence-electron chi connectivity index (χ1n) is 7.52. The number of rotatable bonds is 6. The van der Waals surface area contributed by atoms with E-state index in [1.807, 2.05) is 30.5 Å². The van der Waals surface area contributed by atoms with Crippen LogP contribution in [-0.2, 0) is 21.2 Å². The molecule has 0 saturated heterocycles. The number of benzene rings is 1. The molecule has 2 aromatic heterocycles. The Morgan fingerprint density at radius 3 is 2.58 bits per heavy atom. The highest BCUT2D eigenvalue weighted by Crippen LogP contribution is 2.11. The van der Waals surface area contributed by atoms with Crippen LogP contribution in [0.2, 0.25) is 0 Å². The molecule has 0 spiro atoms. The van der Waals surface area contributed by atoms with Crippen LogP contribution >= 0.6 is 0 Å². The van der Waals surface area contributed by atoms with Crippen molar-refractivity contribution in [2.75, 3.05) is 5.75 Å². The molecule has 0 unspecified atom stereocenters. The number of aromatic nitrogens is 2. The summed E-state index contributed by atoms with van der Waals surface area (Å²) in [6, 6.07) is 15.7. The second kappa shape index (κ2) is 6.84. The van der Waals surface area contributed by atoms with Crippen LogP contribution in [0.5, 0.6) is 0 Å². The molecule has 124 valence electrons. The standard InChI is InChI=1S/C17H17N3O3S/c21-17(9-11-24(22,23)16-7-2-1-3-8-16)18-13-14-12-15-6-4-5-10-20(15)19-14/h1-8,10,12H,9,11,13H2,(H,18,21). The predicted molar refractivity (Wildman–Crippen MR) is 90.2 cm³/mol. The molecule has 0 aliphatic rings. The summed E-state index contributed by atoms with van der Waals surface area (Å²) in [4.78, 5) is 12.1. The van der Waals surface area contributed by atoms with Crippen molar-refractivity contribution >= 4 is 21.3 Å². The zero-order valence-corrected chi connectivity index (χ0v) is 13.7. The van der Waals surface area contributed by atoms with Gasteiger partial charge in [-0.25, -0.2) is 12.9 Å². The Morgan fingerprint density at radius 2 is 1.83 bits per heavy atom. The van der Waals surface area contributed by atoms with Crippen LogP contribution in [0.3, 0.4) is 0 Å². The second-order valence-electron chi connectivity index (χ2n) is 5.36. The van der Waals surface area contributed by atoms with Crippen molar-refractivity contribution in [1.82, 2.24) is 14.9 Å². The lowest BCUT2D eigenvalue weighted by atomic mass is 10.3. The van der Waals surface area contributed by atoms with E-state index in [4.69, 9.17) is 0 Å². The summed E-state index contributed by atoms with van der Waals surface area (Å²) in [7, 11) is -3.44. The molecule has 6 nitrogen and oxygen atoms in total. The average Bonchev–Trinajstić information content (AvgIpc) is 3.02. The Balaban J connectivity index is 1.54. The molecule has 1 N–H and O–H groups in total. The Labute approximate surface area is 140 Å². The lowest BCUT2D eigenvalue weighted by molar-refractivity contribution is -0.120. The zero-order valence-electron chi connectivity index (χ0n) is 12.9. The first kappa shape index (κ1) is 16.2. The van der Waals surface area contributed by atoms with Gasteiger partial charge in [-0.3, -0.25) is 4.79 Å². The molecule has 0 atom stereocenters. The van der Waals surface area contributed by atoms with E-state index in [2.05, 4.69) is 10.4 Å². The third-order valence-corrected chi connectivity index (χ3v) is 5.32. The molecule has 2 heterocycles. The van der Waals surface area contributed by atoms with Gasteiger partial charge in [-0.05, 0) is 30.3 Å². The van der Waals surface area contributed by atoms with E-state index >= 15 is 0 Å². The quantitative estimate of drug-likeness (QED) is 0.740. The highest BCUT2D eigenvalue weighted by Gasteiger charge is 2.16. The highest BCUT2D eigenvalue weighted by molar-refractivity contribution is 7.91. The van der Waals surface area contributed by atoms with Gasteiger partial charge >= 0.3 is 0 Å². The van der Waals surface area contributed by atoms with Crippen LogP contribution in [0, 0.1) is 0 Å². The second-order valence-corrected chi connectivity index (χ2v) is 7.47. The van der Waals surface area contributed by atoms with Gasteiger partial charge in [-0.2, -0.15) is 5.10 Å². The van der Waals surface area contributed by atoms with Crippen LogP contribution < -0.4 is 5.32 Å². The first-order chi connectivity index (χ1) is 11.5. The number of sulfone groups is 1. The maximum atomic E-state index is 12.1. The van der Waals surface area contributed by atoms with Crippen molar-refractivity contribution < 1.29 is 13.2 Å². The Hall–Kier alpha value is -2.67. The van der Waals surface area contributed by atoms with Gasteiger partial charge in [0, 0.05) is 12.6 Å². The van der Waals surface area contributed by atoms with Crippen molar-refractivity contribution in [3.63, 3.8) is 0 Å². The topological polar surface area (TPSA) is 80.5 Å². The summed E-state index contributed by atoms with van der Waals surface area (Å²) in [5, 5.41) is 7.03. The fraction of sp³-hybridized carbons (Fsp3) is 0.176. The fourth-order valence-corrected chi connectivity index (χ4v) is 3.59. The summed E-state index contributed by atoms with van der Waals surface area (Å²) < 4.78 is 26.0. The molecule has 24 heavy (non-hydrogen) atoms. The molecule has 0 bridgehead atoms. The summed E-state index contributed by atoms with van der Waals surface area (Å²) in [5.74, 6) is -0.528. The molecule has 0 radical (unpaired) electrons. The summed E-state index contributed by atoms with van der Waals surface area (Å²) in [6.07, 6.45) is 1.75.